The van der Waals surface area contributed by atoms with E-state index in [-0.39, 0.29) is 19.1 Å². The quantitative estimate of drug-likeness (QED) is 0.614. The first-order valence-corrected chi connectivity index (χ1v) is 6.58. The minimum Gasteiger partial charge on any atom is -0.399 e. The van der Waals surface area contributed by atoms with Crippen LogP contribution in [-0.2, 0) is 0 Å². The van der Waals surface area contributed by atoms with Crippen molar-refractivity contribution >= 4 is 11.6 Å². The number of benzene rings is 1. The van der Waals surface area contributed by atoms with Crippen molar-refractivity contribution < 1.29 is 9.90 Å². The van der Waals surface area contributed by atoms with E-state index in [4.69, 9.17) is 10.8 Å². The minimum atomic E-state index is -0.244. The molecular weight excluding hydrogens is 268 g/mol. The van der Waals surface area contributed by atoms with Crippen LogP contribution in [0.15, 0.2) is 49.2 Å². The summed E-state index contributed by atoms with van der Waals surface area (Å²) in [4.78, 5) is 13.8. The zero-order valence-electron chi connectivity index (χ0n) is 11.6. The topological polar surface area (TPSA) is 84.4 Å². The summed E-state index contributed by atoms with van der Waals surface area (Å²) in [6.07, 6.45) is 3.31. The Morgan fingerprint density at radius 1 is 1.48 bits per heavy atom. The van der Waals surface area contributed by atoms with Gasteiger partial charge in [-0.2, -0.15) is 5.10 Å². The van der Waals surface area contributed by atoms with E-state index in [2.05, 4.69) is 11.7 Å². The van der Waals surface area contributed by atoms with Crippen molar-refractivity contribution in [1.82, 2.24) is 14.7 Å². The summed E-state index contributed by atoms with van der Waals surface area (Å²) in [7, 11) is 0. The molecule has 3 N–H and O–H groups in total. The van der Waals surface area contributed by atoms with E-state index in [9.17, 15) is 4.79 Å². The highest BCUT2D eigenvalue weighted by atomic mass is 16.3. The summed E-state index contributed by atoms with van der Waals surface area (Å²) in [5.41, 5.74) is 7.46. The molecule has 0 fully saturated rings. The normalized spacial score (nSPS) is 10.3. The third-order valence-electron chi connectivity index (χ3n) is 2.95. The van der Waals surface area contributed by atoms with Crippen LogP contribution >= 0.6 is 0 Å². The van der Waals surface area contributed by atoms with Gasteiger partial charge in [0.15, 0.2) is 5.69 Å². The highest BCUT2D eigenvalue weighted by Crippen LogP contribution is 2.12. The molecule has 21 heavy (non-hydrogen) atoms. The minimum absolute atomic E-state index is 0.102. The summed E-state index contributed by atoms with van der Waals surface area (Å²) in [6.45, 7) is 4.12. The third-order valence-corrected chi connectivity index (χ3v) is 2.95. The molecule has 0 atom stereocenters. The van der Waals surface area contributed by atoms with E-state index in [1.807, 2.05) is 12.1 Å². The first-order chi connectivity index (χ1) is 10.2. The van der Waals surface area contributed by atoms with Gasteiger partial charge in [-0.3, -0.25) is 4.79 Å². The van der Waals surface area contributed by atoms with Crippen molar-refractivity contribution in [3.63, 3.8) is 0 Å². The number of hydrogen-bond donors (Lipinski definition) is 2. The van der Waals surface area contributed by atoms with Crippen LogP contribution in [0.4, 0.5) is 5.69 Å². The average Bonchev–Trinajstić information content (AvgIpc) is 2.96. The number of nitrogens with zero attached hydrogens (tertiary/aromatic N) is 3. The largest absolute Gasteiger partial charge is 0.399 e. The van der Waals surface area contributed by atoms with E-state index in [1.54, 1.807) is 35.2 Å². The average molecular weight is 286 g/mol. The van der Waals surface area contributed by atoms with Gasteiger partial charge in [-0.15, -0.1) is 6.58 Å². The van der Waals surface area contributed by atoms with Crippen LogP contribution in [0.3, 0.4) is 0 Å². The van der Waals surface area contributed by atoms with Gasteiger partial charge in [0, 0.05) is 25.0 Å². The molecular formula is C15H18N4O2. The molecule has 1 heterocycles. The Bertz CT molecular complexity index is 636. The van der Waals surface area contributed by atoms with Gasteiger partial charge in [0.25, 0.3) is 5.91 Å². The molecule has 0 aliphatic carbocycles. The maximum absolute atomic E-state index is 12.3. The van der Waals surface area contributed by atoms with Gasteiger partial charge in [0.2, 0.25) is 0 Å². The highest BCUT2D eigenvalue weighted by molar-refractivity contribution is 5.92. The highest BCUT2D eigenvalue weighted by Gasteiger charge is 2.17. The molecule has 0 saturated heterocycles. The number of amides is 1. The fraction of sp³-hybridized carbons (Fsp3) is 0.200. The van der Waals surface area contributed by atoms with Crippen LogP contribution in [0.5, 0.6) is 0 Å². The summed E-state index contributed by atoms with van der Waals surface area (Å²) >= 11 is 0. The van der Waals surface area contributed by atoms with Crippen molar-refractivity contribution in [1.29, 1.82) is 0 Å². The van der Waals surface area contributed by atoms with Crippen LogP contribution in [0.1, 0.15) is 10.5 Å². The lowest BCUT2D eigenvalue weighted by molar-refractivity contribution is 0.0736. The Balaban J connectivity index is 2.22. The second-order valence-electron chi connectivity index (χ2n) is 4.50. The van der Waals surface area contributed by atoms with Crippen molar-refractivity contribution in [3.8, 4) is 5.69 Å². The van der Waals surface area contributed by atoms with Crippen LogP contribution in [0.2, 0.25) is 0 Å². The first-order valence-electron chi connectivity index (χ1n) is 6.58. The molecule has 0 bridgehead atoms. The molecule has 1 aromatic heterocycles. The number of nitrogen functional groups attached to an aromatic ring is 1. The SMILES string of the molecule is C=CCN(CCO)C(=O)c1ccn(-c2cccc(N)c2)n1. The number of hydrogen-bond acceptors (Lipinski definition) is 4. The Morgan fingerprint density at radius 2 is 2.29 bits per heavy atom. The van der Waals surface area contributed by atoms with Crippen molar-refractivity contribution in [3.05, 3.63) is 54.9 Å². The molecule has 1 amide bonds. The zero-order valence-corrected chi connectivity index (χ0v) is 11.6. The van der Waals surface area contributed by atoms with E-state index in [1.165, 1.54) is 4.90 Å². The van der Waals surface area contributed by atoms with Gasteiger partial charge in [-0.05, 0) is 24.3 Å². The van der Waals surface area contributed by atoms with Crippen molar-refractivity contribution in [2.45, 2.75) is 0 Å². The van der Waals surface area contributed by atoms with Crippen LogP contribution < -0.4 is 5.73 Å². The van der Waals surface area contributed by atoms with Crippen molar-refractivity contribution in [2.75, 3.05) is 25.4 Å². The Morgan fingerprint density at radius 3 is 2.95 bits per heavy atom. The molecule has 0 spiro atoms. The number of nitrogens with two attached hydrogens (primary N) is 1. The maximum Gasteiger partial charge on any atom is 0.274 e. The number of aromatic nitrogens is 2. The Labute approximate surface area is 123 Å². The number of aliphatic hydroxyl groups excluding tert-OH is 1. The zero-order chi connectivity index (χ0) is 15.2. The molecule has 0 unspecified atom stereocenters. The second-order valence-corrected chi connectivity index (χ2v) is 4.50. The number of carbonyl (C=O) groups excluding carboxylic acids is 1. The lowest BCUT2D eigenvalue weighted by Gasteiger charge is -2.18. The predicted octanol–water partition coefficient (Wildman–Crippen LogP) is 1.08. The van der Waals surface area contributed by atoms with Gasteiger partial charge in [0.1, 0.15) is 0 Å². The molecule has 0 aliphatic rings. The molecule has 1 aromatic carbocycles. The Hall–Kier alpha value is -2.60. The van der Waals surface area contributed by atoms with Crippen molar-refractivity contribution in [2.24, 2.45) is 0 Å². The third kappa shape index (κ3) is 3.49. The molecule has 0 radical (unpaired) electrons. The van der Waals surface area contributed by atoms with E-state index < -0.39 is 0 Å². The van der Waals surface area contributed by atoms with Gasteiger partial charge in [-0.1, -0.05) is 12.1 Å². The first kappa shape index (κ1) is 14.8. The molecule has 0 aliphatic heterocycles. The molecule has 110 valence electrons. The number of carbonyl (C=O) groups is 1. The number of anilines is 1. The van der Waals surface area contributed by atoms with Crippen LogP contribution in [-0.4, -0.2) is 45.4 Å². The smallest absolute Gasteiger partial charge is 0.274 e. The predicted molar refractivity (Wildman–Crippen MR) is 81.2 cm³/mol. The fourth-order valence-electron chi connectivity index (χ4n) is 1.96. The van der Waals surface area contributed by atoms with Crippen LogP contribution in [0.25, 0.3) is 5.69 Å². The number of aliphatic hydroxyl groups is 1. The maximum atomic E-state index is 12.3. The van der Waals surface area contributed by atoms with E-state index in [0.717, 1.165) is 5.69 Å². The number of rotatable bonds is 6. The van der Waals surface area contributed by atoms with Gasteiger partial charge in [-0.25, -0.2) is 4.68 Å². The fourth-order valence-corrected chi connectivity index (χ4v) is 1.96. The summed E-state index contributed by atoms with van der Waals surface area (Å²) in [6, 6.07) is 8.87. The van der Waals surface area contributed by atoms with E-state index >= 15 is 0 Å². The monoisotopic (exact) mass is 286 g/mol. The lowest BCUT2D eigenvalue weighted by Crippen LogP contribution is -2.34. The Kier molecular flexibility index (Phi) is 4.73. The van der Waals surface area contributed by atoms with Gasteiger partial charge in [0.05, 0.1) is 12.3 Å². The lowest BCUT2D eigenvalue weighted by atomic mass is 10.3. The molecule has 2 rings (SSSR count). The summed E-state index contributed by atoms with van der Waals surface area (Å²) < 4.78 is 1.59. The molecule has 6 heteroatoms. The molecule has 6 nitrogen and oxygen atoms in total. The second kappa shape index (κ2) is 6.71. The molecule has 2 aromatic rings. The van der Waals surface area contributed by atoms with Gasteiger partial charge >= 0.3 is 0 Å². The summed E-state index contributed by atoms with van der Waals surface area (Å²) in [5, 5.41) is 13.3. The van der Waals surface area contributed by atoms with Crippen LogP contribution in [0, 0.1) is 0 Å². The molecule has 0 saturated carbocycles. The van der Waals surface area contributed by atoms with Gasteiger partial charge < -0.3 is 15.7 Å². The standard InChI is InChI=1S/C15H18N4O2/c1-2-7-18(9-10-20)15(21)14-6-8-19(17-14)13-5-3-4-12(16)11-13/h2-6,8,11,20H,1,7,9-10,16H2. The van der Waals surface area contributed by atoms with E-state index in [0.29, 0.717) is 17.9 Å². The summed E-state index contributed by atoms with van der Waals surface area (Å²) in [5.74, 6) is -0.244.